The second-order valence-corrected chi connectivity index (χ2v) is 6.30. The van der Waals surface area contributed by atoms with Gasteiger partial charge in [-0.2, -0.15) is 0 Å². The molecule has 0 aromatic heterocycles. The highest BCUT2D eigenvalue weighted by molar-refractivity contribution is 8.19. The van der Waals surface area contributed by atoms with Crippen molar-refractivity contribution >= 4 is 40.6 Å². The van der Waals surface area contributed by atoms with Gasteiger partial charge in [0.25, 0.3) is 11.1 Å². The molecule has 0 unspecified atom stereocenters. The maximum atomic E-state index is 12.8. The Morgan fingerprint density at radius 1 is 1.15 bits per heavy atom. The number of anilines is 1. The normalized spacial score (nSPS) is 15.6. The van der Waals surface area contributed by atoms with E-state index in [1.54, 1.807) is 42.5 Å². The maximum Gasteiger partial charge on any atom is 0.336 e. The summed E-state index contributed by atoms with van der Waals surface area (Å²) in [5.74, 6) is -1.17. The van der Waals surface area contributed by atoms with E-state index in [2.05, 4.69) is 0 Å². The van der Waals surface area contributed by atoms with Crippen LogP contribution in [0.1, 0.15) is 22.8 Å². The molecule has 1 saturated heterocycles. The summed E-state index contributed by atoms with van der Waals surface area (Å²) in [4.78, 5) is 37.7. The molecule has 7 heteroatoms. The van der Waals surface area contributed by atoms with Crippen LogP contribution in [0.4, 0.5) is 10.5 Å². The van der Waals surface area contributed by atoms with Crippen molar-refractivity contribution in [1.82, 2.24) is 0 Å². The number of thioether (sulfide) groups is 1. The van der Waals surface area contributed by atoms with E-state index in [-0.39, 0.29) is 10.5 Å². The molecular weight excluding hydrogens is 354 g/mol. The van der Waals surface area contributed by atoms with E-state index in [1.165, 1.54) is 12.1 Å². The van der Waals surface area contributed by atoms with Crippen molar-refractivity contribution < 1.29 is 24.2 Å². The summed E-state index contributed by atoms with van der Waals surface area (Å²) in [6.45, 7) is 2.21. The predicted molar refractivity (Wildman–Crippen MR) is 99.5 cm³/mol. The molecule has 1 aliphatic heterocycles. The van der Waals surface area contributed by atoms with Crippen LogP contribution in [0.25, 0.3) is 6.08 Å². The van der Waals surface area contributed by atoms with Crippen LogP contribution in [0.3, 0.4) is 0 Å². The largest absolute Gasteiger partial charge is 0.492 e. The number of rotatable bonds is 5. The van der Waals surface area contributed by atoms with E-state index in [1.807, 2.05) is 6.92 Å². The second-order valence-electron chi connectivity index (χ2n) is 5.31. The summed E-state index contributed by atoms with van der Waals surface area (Å²) in [5, 5.41) is 8.81. The van der Waals surface area contributed by atoms with Crippen LogP contribution in [-0.2, 0) is 4.79 Å². The van der Waals surface area contributed by atoms with Crippen molar-refractivity contribution in [2.45, 2.75) is 6.92 Å². The standard InChI is InChI=1S/C19H15NO5S/c1-2-25-15-10-6-5-9-14(15)20-17(21)16(26-19(20)24)11-12-7-3-4-8-13(12)18(22)23/h3-11H,2H2,1H3,(H,22,23)/b16-11+. The van der Waals surface area contributed by atoms with E-state index in [0.29, 0.717) is 23.6 Å². The van der Waals surface area contributed by atoms with Crippen molar-refractivity contribution in [2.24, 2.45) is 0 Å². The number of hydrogen-bond donors (Lipinski definition) is 1. The number of ether oxygens (including phenoxy) is 1. The van der Waals surface area contributed by atoms with Crippen molar-refractivity contribution in [3.8, 4) is 5.75 Å². The SMILES string of the molecule is CCOc1ccccc1N1C(=O)S/C(=C/c2ccccc2C(=O)O)C1=O. The number of nitrogens with zero attached hydrogens (tertiary/aromatic N) is 1. The van der Waals surface area contributed by atoms with Crippen LogP contribution in [-0.4, -0.2) is 28.8 Å². The minimum Gasteiger partial charge on any atom is -0.492 e. The van der Waals surface area contributed by atoms with Gasteiger partial charge in [-0.3, -0.25) is 9.59 Å². The lowest BCUT2D eigenvalue weighted by Crippen LogP contribution is -2.28. The van der Waals surface area contributed by atoms with Crippen molar-refractivity contribution in [3.05, 3.63) is 64.6 Å². The van der Waals surface area contributed by atoms with Gasteiger partial charge in [-0.25, -0.2) is 9.69 Å². The molecule has 1 fully saturated rings. The Hall–Kier alpha value is -3.06. The first kappa shape index (κ1) is 17.8. The molecule has 132 valence electrons. The first-order valence-corrected chi connectivity index (χ1v) is 8.66. The Bertz CT molecular complexity index is 922. The minimum atomic E-state index is -1.10. The Labute approximate surface area is 154 Å². The predicted octanol–water partition coefficient (Wildman–Crippen LogP) is 4.02. The Morgan fingerprint density at radius 3 is 2.58 bits per heavy atom. The molecule has 2 aromatic rings. The Balaban J connectivity index is 1.99. The number of aromatic carboxylic acids is 1. The average Bonchev–Trinajstić information content (AvgIpc) is 2.90. The molecule has 2 aromatic carbocycles. The fraction of sp³-hybridized carbons (Fsp3) is 0.105. The molecule has 0 spiro atoms. The van der Waals surface area contributed by atoms with Gasteiger partial charge in [0, 0.05) is 0 Å². The lowest BCUT2D eigenvalue weighted by molar-refractivity contribution is -0.113. The highest BCUT2D eigenvalue weighted by atomic mass is 32.2. The lowest BCUT2D eigenvalue weighted by Gasteiger charge is -2.16. The third kappa shape index (κ3) is 3.34. The first-order chi connectivity index (χ1) is 12.5. The van der Waals surface area contributed by atoms with Crippen molar-refractivity contribution in [2.75, 3.05) is 11.5 Å². The fourth-order valence-electron chi connectivity index (χ4n) is 2.55. The zero-order valence-electron chi connectivity index (χ0n) is 13.8. The van der Waals surface area contributed by atoms with Crippen molar-refractivity contribution in [3.63, 3.8) is 0 Å². The number of carboxylic acid groups (broad SMARTS) is 1. The van der Waals surface area contributed by atoms with Crippen LogP contribution >= 0.6 is 11.8 Å². The molecule has 0 atom stereocenters. The maximum absolute atomic E-state index is 12.8. The van der Waals surface area contributed by atoms with Gasteiger partial charge < -0.3 is 9.84 Å². The van der Waals surface area contributed by atoms with Gasteiger partial charge >= 0.3 is 5.97 Å². The summed E-state index contributed by atoms with van der Waals surface area (Å²) in [6, 6.07) is 13.1. The number of amides is 2. The summed E-state index contributed by atoms with van der Waals surface area (Å²) >= 11 is 0.769. The smallest absolute Gasteiger partial charge is 0.336 e. The summed E-state index contributed by atoms with van der Waals surface area (Å²) in [7, 11) is 0. The third-order valence-corrected chi connectivity index (χ3v) is 4.55. The fourth-order valence-corrected chi connectivity index (χ4v) is 3.38. The number of imide groups is 1. The summed E-state index contributed by atoms with van der Waals surface area (Å²) in [6.07, 6.45) is 1.43. The second kappa shape index (κ2) is 7.45. The summed E-state index contributed by atoms with van der Waals surface area (Å²) < 4.78 is 5.50. The van der Waals surface area contributed by atoms with Crippen LogP contribution in [0.15, 0.2) is 53.4 Å². The lowest BCUT2D eigenvalue weighted by atomic mass is 10.1. The number of carbonyl (C=O) groups is 3. The van der Waals surface area contributed by atoms with Crippen LogP contribution in [0.2, 0.25) is 0 Å². The highest BCUT2D eigenvalue weighted by Gasteiger charge is 2.37. The van der Waals surface area contributed by atoms with Gasteiger partial charge in [-0.1, -0.05) is 30.3 Å². The van der Waals surface area contributed by atoms with Gasteiger partial charge in [0.05, 0.1) is 22.8 Å². The zero-order chi connectivity index (χ0) is 18.7. The average molecular weight is 369 g/mol. The van der Waals surface area contributed by atoms with Gasteiger partial charge in [0.2, 0.25) is 0 Å². The van der Waals surface area contributed by atoms with E-state index in [9.17, 15) is 19.5 Å². The van der Waals surface area contributed by atoms with Crippen LogP contribution < -0.4 is 9.64 Å². The molecule has 1 heterocycles. The van der Waals surface area contributed by atoms with Crippen LogP contribution in [0.5, 0.6) is 5.75 Å². The van der Waals surface area contributed by atoms with Crippen LogP contribution in [0, 0.1) is 0 Å². The number of hydrogen-bond acceptors (Lipinski definition) is 5. The van der Waals surface area contributed by atoms with E-state index in [0.717, 1.165) is 16.7 Å². The highest BCUT2D eigenvalue weighted by Crippen LogP contribution is 2.39. The molecule has 0 saturated carbocycles. The van der Waals surface area contributed by atoms with Gasteiger partial charge in [0.1, 0.15) is 5.75 Å². The molecule has 0 radical (unpaired) electrons. The molecule has 1 aliphatic rings. The Kier molecular flexibility index (Phi) is 5.09. The summed E-state index contributed by atoms with van der Waals surface area (Å²) in [5.41, 5.74) is 0.796. The number of para-hydroxylation sites is 2. The number of benzene rings is 2. The van der Waals surface area contributed by atoms with Gasteiger partial charge in [0.15, 0.2) is 0 Å². The molecule has 2 amide bonds. The minimum absolute atomic E-state index is 0.0639. The Morgan fingerprint density at radius 2 is 1.85 bits per heavy atom. The monoisotopic (exact) mass is 369 g/mol. The number of carboxylic acids is 1. The topological polar surface area (TPSA) is 83.9 Å². The number of carbonyl (C=O) groups excluding carboxylic acids is 2. The van der Waals surface area contributed by atoms with Gasteiger partial charge in [-0.05, 0) is 48.5 Å². The molecule has 6 nitrogen and oxygen atoms in total. The molecule has 0 bridgehead atoms. The molecule has 26 heavy (non-hydrogen) atoms. The molecule has 0 aliphatic carbocycles. The molecular formula is C19H15NO5S. The first-order valence-electron chi connectivity index (χ1n) is 7.85. The van der Waals surface area contributed by atoms with E-state index < -0.39 is 17.1 Å². The molecule has 1 N–H and O–H groups in total. The zero-order valence-corrected chi connectivity index (χ0v) is 14.7. The van der Waals surface area contributed by atoms with Gasteiger partial charge in [-0.15, -0.1) is 0 Å². The third-order valence-electron chi connectivity index (χ3n) is 3.68. The molecule has 3 rings (SSSR count). The quantitative estimate of drug-likeness (QED) is 0.801. The van der Waals surface area contributed by atoms with E-state index in [4.69, 9.17) is 4.74 Å². The van der Waals surface area contributed by atoms with Crippen molar-refractivity contribution in [1.29, 1.82) is 0 Å². The van der Waals surface area contributed by atoms with E-state index >= 15 is 0 Å².